The summed E-state index contributed by atoms with van der Waals surface area (Å²) in [6, 6.07) is 91.4. The molecule has 1 nitrogen and oxygen atoms in total. The zero-order chi connectivity index (χ0) is 49.3. The Morgan fingerprint density at radius 3 is 1.20 bits per heavy atom. The van der Waals surface area contributed by atoms with Crippen molar-refractivity contribution in [1.82, 2.24) is 0 Å². The summed E-state index contributed by atoms with van der Waals surface area (Å²) in [5.74, 6) is 0. The van der Waals surface area contributed by atoms with Crippen molar-refractivity contribution in [3.63, 3.8) is 0 Å². The molecule has 17 rings (SSSR count). The highest BCUT2D eigenvalue weighted by Crippen LogP contribution is 2.63. The van der Waals surface area contributed by atoms with Gasteiger partial charge in [0, 0.05) is 16.2 Å². The molecule has 1 spiro atoms. The first-order valence-corrected chi connectivity index (χ1v) is 26.4. The minimum absolute atomic E-state index is 0.146. The highest BCUT2D eigenvalue weighted by molar-refractivity contribution is 6.23. The number of rotatable bonds is 3. The second kappa shape index (κ2) is 14.7. The highest BCUT2D eigenvalue weighted by atomic mass is 16.3. The quantitative estimate of drug-likeness (QED) is 0.127. The van der Waals surface area contributed by atoms with Crippen LogP contribution in [-0.4, -0.2) is 0 Å². The van der Waals surface area contributed by atoms with Gasteiger partial charge in [0.15, 0.2) is 0 Å². The van der Waals surface area contributed by atoms with E-state index in [0.29, 0.717) is 0 Å². The Balaban J connectivity index is 0.837. The van der Waals surface area contributed by atoms with Crippen molar-refractivity contribution < 1.29 is 4.42 Å². The van der Waals surface area contributed by atoms with Gasteiger partial charge in [-0.1, -0.05) is 220 Å². The lowest BCUT2D eigenvalue weighted by Gasteiger charge is -2.30. The molecule has 348 valence electrons. The van der Waals surface area contributed by atoms with Crippen LogP contribution in [0.25, 0.3) is 132 Å². The molecule has 0 atom stereocenters. The zero-order valence-corrected chi connectivity index (χ0v) is 41.5. The van der Waals surface area contributed by atoms with Crippen LogP contribution in [0.15, 0.2) is 247 Å². The molecule has 0 bridgehead atoms. The molecule has 0 radical (unpaired) electrons. The second-order valence-corrected chi connectivity index (χ2v) is 21.7. The van der Waals surface area contributed by atoms with E-state index in [2.05, 4.69) is 257 Å². The fourth-order valence-corrected chi connectivity index (χ4v) is 14.8. The van der Waals surface area contributed by atoms with E-state index in [1.807, 2.05) is 0 Å². The van der Waals surface area contributed by atoms with Crippen LogP contribution in [0.1, 0.15) is 47.2 Å². The van der Waals surface area contributed by atoms with Crippen molar-refractivity contribution in [1.29, 1.82) is 0 Å². The molecule has 14 aromatic rings. The van der Waals surface area contributed by atoms with Gasteiger partial charge in [0.1, 0.15) is 11.2 Å². The van der Waals surface area contributed by atoms with Gasteiger partial charge in [-0.25, -0.2) is 0 Å². The van der Waals surface area contributed by atoms with Crippen molar-refractivity contribution >= 4 is 65.0 Å². The Bertz CT molecular complexity index is 4740. The first-order chi connectivity index (χ1) is 37.0. The molecule has 75 heavy (non-hydrogen) atoms. The van der Waals surface area contributed by atoms with E-state index in [0.717, 1.165) is 21.9 Å². The van der Waals surface area contributed by atoms with Crippen LogP contribution in [0.5, 0.6) is 0 Å². The van der Waals surface area contributed by atoms with Crippen molar-refractivity contribution in [2.45, 2.75) is 24.7 Å². The molecule has 13 aromatic carbocycles. The van der Waals surface area contributed by atoms with Gasteiger partial charge in [0.05, 0.1) is 5.41 Å². The summed E-state index contributed by atoms with van der Waals surface area (Å²) in [7, 11) is 0. The molecule has 1 heterocycles. The lowest BCUT2D eigenvalue weighted by Crippen LogP contribution is -2.25. The summed E-state index contributed by atoms with van der Waals surface area (Å²) in [5.41, 5.74) is 24.7. The predicted molar refractivity (Wildman–Crippen MR) is 314 cm³/mol. The van der Waals surface area contributed by atoms with Crippen molar-refractivity contribution in [3.05, 3.63) is 276 Å². The van der Waals surface area contributed by atoms with E-state index < -0.39 is 5.41 Å². The molecule has 0 aliphatic heterocycles. The monoisotopic (exact) mass is 950 g/mol. The van der Waals surface area contributed by atoms with Crippen LogP contribution in [0.2, 0.25) is 0 Å². The molecule has 3 aliphatic rings. The Kier molecular flexibility index (Phi) is 8.07. The standard InChI is InChI=1S/C74H46O/c1-73(2)62-36-32-43(40-61(62)71-53-22-5-3-17-47(53)48-18-4-10-27-58(48)72(71)73)44-33-37-67-59(39-44)60-41-45(34-38-68(60)75-67)69-54-23-6-8-25-56(54)70(57-26-9-7-24-55(57)69)46-31-35-52-51-21-13-16-30-65(51)74(66(52)42-46)63-28-14-11-19-49(63)50-20-12-15-29-64(50)74/h3-42H,1-2H3. The van der Waals surface area contributed by atoms with Crippen LogP contribution < -0.4 is 0 Å². The normalized spacial score (nSPS) is 14.2. The number of furan rings is 1. The second-order valence-electron chi connectivity index (χ2n) is 21.7. The van der Waals surface area contributed by atoms with E-state index >= 15 is 0 Å². The van der Waals surface area contributed by atoms with Crippen LogP contribution >= 0.6 is 0 Å². The van der Waals surface area contributed by atoms with Crippen LogP contribution in [0, 0.1) is 0 Å². The third kappa shape index (κ3) is 5.27. The summed E-state index contributed by atoms with van der Waals surface area (Å²) >= 11 is 0. The lowest BCUT2D eigenvalue weighted by atomic mass is 9.70. The molecule has 0 unspecified atom stereocenters. The molecule has 3 aliphatic carbocycles. The van der Waals surface area contributed by atoms with Gasteiger partial charge in [0.25, 0.3) is 0 Å². The topological polar surface area (TPSA) is 13.1 Å². The van der Waals surface area contributed by atoms with Gasteiger partial charge < -0.3 is 4.42 Å². The predicted octanol–water partition coefficient (Wildman–Crippen LogP) is 19.8. The van der Waals surface area contributed by atoms with Gasteiger partial charge in [-0.15, -0.1) is 0 Å². The van der Waals surface area contributed by atoms with Crippen molar-refractivity contribution in [2.75, 3.05) is 0 Å². The molecular weight excluding hydrogens is 905 g/mol. The maximum atomic E-state index is 6.67. The van der Waals surface area contributed by atoms with E-state index in [4.69, 9.17) is 4.42 Å². The van der Waals surface area contributed by atoms with Gasteiger partial charge in [-0.2, -0.15) is 0 Å². The number of hydrogen-bond donors (Lipinski definition) is 0. The lowest BCUT2D eigenvalue weighted by molar-refractivity contribution is 0.666. The Morgan fingerprint density at radius 2 is 0.640 bits per heavy atom. The first kappa shape index (κ1) is 41.2. The fourth-order valence-electron chi connectivity index (χ4n) is 14.8. The minimum Gasteiger partial charge on any atom is -0.456 e. The van der Waals surface area contributed by atoms with Gasteiger partial charge in [-0.3, -0.25) is 0 Å². The summed E-state index contributed by atoms with van der Waals surface area (Å²) in [5, 5.41) is 12.5. The first-order valence-electron chi connectivity index (χ1n) is 26.4. The summed E-state index contributed by atoms with van der Waals surface area (Å²) in [4.78, 5) is 0. The molecular formula is C74H46O. The summed E-state index contributed by atoms with van der Waals surface area (Å²) in [6.07, 6.45) is 0. The largest absolute Gasteiger partial charge is 0.456 e. The fraction of sp³-hybridized carbons (Fsp3) is 0.0541. The van der Waals surface area contributed by atoms with Crippen LogP contribution in [0.3, 0.4) is 0 Å². The van der Waals surface area contributed by atoms with Gasteiger partial charge >= 0.3 is 0 Å². The number of fused-ring (bicyclic) bond motifs is 23. The van der Waals surface area contributed by atoms with E-state index in [1.165, 1.54) is 143 Å². The molecule has 0 saturated heterocycles. The van der Waals surface area contributed by atoms with Crippen LogP contribution in [0.4, 0.5) is 0 Å². The maximum Gasteiger partial charge on any atom is 0.135 e. The van der Waals surface area contributed by atoms with Gasteiger partial charge in [-0.05, 0) is 180 Å². The Morgan fingerprint density at radius 1 is 0.253 bits per heavy atom. The average Bonchev–Trinajstić information content (AvgIpc) is 4.33. The van der Waals surface area contributed by atoms with E-state index in [9.17, 15) is 0 Å². The number of benzene rings is 13. The minimum atomic E-state index is -0.420. The molecule has 1 heteroatoms. The Hall–Kier alpha value is -9.30. The molecule has 0 amide bonds. The van der Waals surface area contributed by atoms with E-state index in [-0.39, 0.29) is 5.41 Å². The van der Waals surface area contributed by atoms with Crippen molar-refractivity contribution in [2.24, 2.45) is 0 Å². The smallest absolute Gasteiger partial charge is 0.135 e. The average molecular weight is 951 g/mol. The molecule has 1 aromatic heterocycles. The van der Waals surface area contributed by atoms with Crippen molar-refractivity contribution in [3.8, 4) is 66.8 Å². The van der Waals surface area contributed by atoms with Gasteiger partial charge in [0.2, 0.25) is 0 Å². The van der Waals surface area contributed by atoms with Crippen LogP contribution in [-0.2, 0) is 10.8 Å². The third-order valence-corrected chi connectivity index (χ3v) is 17.8. The zero-order valence-electron chi connectivity index (χ0n) is 41.5. The SMILES string of the molecule is CC1(C)c2ccc(-c3ccc4oc5ccc(-c6c7ccccc7c(-c7ccc8c(c7)C7(c9ccccc9-c9ccccc97)c7ccccc7-8)c7ccccc67)cc5c4c3)cc2-c2c1c1ccccc1c1ccccc21. The summed E-state index contributed by atoms with van der Waals surface area (Å²) < 4.78 is 6.67. The summed E-state index contributed by atoms with van der Waals surface area (Å²) in [6.45, 7) is 4.80. The maximum absolute atomic E-state index is 6.67. The molecule has 0 saturated carbocycles. The Labute approximate surface area is 434 Å². The number of hydrogen-bond acceptors (Lipinski definition) is 1. The molecule has 0 fully saturated rings. The third-order valence-electron chi connectivity index (χ3n) is 17.8. The highest BCUT2D eigenvalue weighted by Gasteiger charge is 2.51. The molecule has 0 N–H and O–H groups in total. The van der Waals surface area contributed by atoms with E-state index in [1.54, 1.807) is 0 Å².